The Labute approximate surface area is 189 Å². The molecule has 7 nitrogen and oxygen atoms in total. The molecule has 1 N–H and O–H groups in total. The van der Waals surface area contributed by atoms with Crippen LogP contribution in [0.25, 0.3) is 0 Å². The molecule has 0 aromatic heterocycles. The Morgan fingerprint density at radius 1 is 1.03 bits per heavy atom. The Hall–Kier alpha value is -2.02. The maximum atomic E-state index is 13.5. The van der Waals surface area contributed by atoms with Gasteiger partial charge in [-0.2, -0.15) is 5.26 Å². The van der Waals surface area contributed by atoms with E-state index in [0.717, 1.165) is 38.3 Å². The van der Waals surface area contributed by atoms with Gasteiger partial charge in [0.2, 0.25) is 15.9 Å². The molecular formula is C23H31FN4O3S. The Balaban J connectivity index is 1.27. The van der Waals surface area contributed by atoms with Crippen molar-refractivity contribution in [3.05, 3.63) is 29.6 Å². The molecule has 4 rings (SSSR count). The van der Waals surface area contributed by atoms with Gasteiger partial charge in [0.25, 0.3) is 0 Å². The molecule has 3 aliphatic rings. The summed E-state index contributed by atoms with van der Waals surface area (Å²) in [5.74, 6) is -0.589. The van der Waals surface area contributed by atoms with E-state index in [1.54, 1.807) is 6.07 Å². The van der Waals surface area contributed by atoms with Crippen molar-refractivity contribution < 1.29 is 17.6 Å². The molecule has 2 saturated carbocycles. The number of nitrogens with one attached hydrogen (secondary N) is 1. The van der Waals surface area contributed by atoms with Crippen LogP contribution in [0.3, 0.4) is 0 Å². The third-order valence-electron chi connectivity index (χ3n) is 7.23. The van der Waals surface area contributed by atoms with Gasteiger partial charge in [0, 0.05) is 44.2 Å². The smallest absolute Gasteiger partial charge is 0.240 e. The van der Waals surface area contributed by atoms with E-state index in [-0.39, 0.29) is 28.3 Å². The number of hydrogen-bond acceptors (Lipinski definition) is 5. The van der Waals surface area contributed by atoms with Gasteiger partial charge in [0.1, 0.15) is 11.9 Å². The summed E-state index contributed by atoms with van der Waals surface area (Å²) in [6.07, 6.45) is 7.68. The molecule has 174 valence electrons. The normalized spacial score (nSPS) is 25.6. The zero-order valence-corrected chi connectivity index (χ0v) is 19.1. The van der Waals surface area contributed by atoms with Crippen LogP contribution in [0.2, 0.25) is 0 Å². The first kappa shape index (κ1) is 23.1. The SMILES string of the molecule is N#Cc1cc(S(=O)(=O)NC2CCC(C(=O)N3CCN(C4CCCC4)CC3)CC2)ccc1F. The molecule has 1 aromatic rings. The third kappa shape index (κ3) is 5.13. The van der Waals surface area contributed by atoms with Gasteiger partial charge in [0.15, 0.2) is 0 Å². The van der Waals surface area contributed by atoms with Crippen LogP contribution in [0.15, 0.2) is 23.1 Å². The molecule has 0 unspecified atom stereocenters. The fourth-order valence-electron chi connectivity index (χ4n) is 5.34. The highest BCUT2D eigenvalue weighted by Crippen LogP contribution is 2.29. The van der Waals surface area contributed by atoms with E-state index in [4.69, 9.17) is 5.26 Å². The van der Waals surface area contributed by atoms with Crippen molar-refractivity contribution >= 4 is 15.9 Å². The molecule has 1 heterocycles. The molecule has 2 aliphatic carbocycles. The summed E-state index contributed by atoms with van der Waals surface area (Å²) in [7, 11) is -3.85. The number of carbonyl (C=O) groups excluding carboxylic acids is 1. The standard InChI is InChI=1S/C23H31FN4O3S/c24-22-10-9-21(15-18(22)16-25)32(30,31)26-19-7-5-17(6-8-19)23(29)28-13-11-27(12-14-28)20-3-1-2-4-20/h9-10,15,17,19-20,26H,1-8,11-14H2. The van der Waals surface area contributed by atoms with Gasteiger partial charge in [-0.3, -0.25) is 9.69 Å². The number of nitriles is 1. The molecule has 9 heteroatoms. The van der Waals surface area contributed by atoms with Crippen LogP contribution in [0.4, 0.5) is 4.39 Å². The zero-order chi connectivity index (χ0) is 22.7. The van der Waals surface area contributed by atoms with Crippen molar-refractivity contribution in [2.75, 3.05) is 26.2 Å². The van der Waals surface area contributed by atoms with Crippen molar-refractivity contribution in [2.24, 2.45) is 5.92 Å². The molecule has 1 aromatic carbocycles. The predicted molar refractivity (Wildman–Crippen MR) is 118 cm³/mol. The number of halogens is 1. The second-order valence-corrected chi connectivity index (χ2v) is 10.9. The van der Waals surface area contributed by atoms with Crippen LogP contribution in [0.5, 0.6) is 0 Å². The van der Waals surface area contributed by atoms with Gasteiger partial charge in [-0.05, 0) is 56.7 Å². The molecule has 3 fully saturated rings. The molecule has 32 heavy (non-hydrogen) atoms. The molecule has 0 bridgehead atoms. The van der Waals surface area contributed by atoms with E-state index in [0.29, 0.717) is 31.7 Å². The van der Waals surface area contributed by atoms with E-state index in [1.807, 2.05) is 4.90 Å². The van der Waals surface area contributed by atoms with Gasteiger partial charge < -0.3 is 4.90 Å². The van der Waals surface area contributed by atoms with E-state index >= 15 is 0 Å². The van der Waals surface area contributed by atoms with Crippen LogP contribution in [0.1, 0.15) is 56.9 Å². The molecule has 1 saturated heterocycles. The molecule has 0 spiro atoms. The van der Waals surface area contributed by atoms with Crippen LogP contribution >= 0.6 is 0 Å². The number of nitrogens with zero attached hydrogens (tertiary/aromatic N) is 3. The average Bonchev–Trinajstić information content (AvgIpc) is 3.34. The summed E-state index contributed by atoms with van der Waals surface area (Å²) in [6.45, 7) is 3.48. The number of piperazine rings is 1. The number of hydrogen-bond donors (Lipinski definition) is 1. The monoisotopic (exact) mass is 462 g/mol. The Bertz CT molecular complexity index is 971. The summed E-state index contributed by atoms with van der Waals surface area (Å²) in [6, 6.07) is 5.31. The number of amides is 1. The molecular weight excluding hydrogens is 431 g/mol. The maximum absolute atomic E-state index is 13.5. The summed E-state index contributed by atoms with van der Waals surface area (Å²) >= 11 is 0. The highest BCUT2D eigenvalue weighted by atomic mass is 32.2. The van der Waals surface area contributed by atoms with E-state index < -0.39 is 15.8 Å². The minimum atomic E-state index is -3.85. The zero-order valence-electron chi connectivity index (χ0n) is 18.3. The molecule has 0 atom stereocenters. The van der Waals surface area contributed by atoms with Crippen molar-refractivity contribution in [1.29, 1.82) is 5.26 Å². The summed E-state index contributed by atoms with van der Waals surface area (Å²) in [5.41, 5.74) is -0.296. The number of sulfonamides is 1. The lowest BCUT2D eigenvalue weighted by atomic mass is 9.85. The summed E-state index contributed by atoms with van der Waals surface area (Å²) in [4.78, 5) is 17.4. The topological polar surface area (TPSA) is 93.5 Å². The summed E-state index contributed by atoms with van der Waals surface area (Å²) in [5, 5.41) is 8.94. The lowest BCUT2D eigenvalue weighted by molar-refractivity contribution is -0.138. The number of carbonyl (C=O) groups is 1. The first-order valence-electron chi connectivity index (χ1n) is 11.6. The molecule has 1 aliphatic heterocycles. The number of benzene rings is 1. The van der Waals surface area contributed by atoms with Crippen LogP contribution in [-0.4, -0.2) is 62.4 Å². The minimum absolute atomic E-state index is 0.0511. The minimum Gasteiger partial charge on any atom is -0.340 e. The Kier molecular flexibility index (Phi) is 7.13. The molecule has 0 radical (unpaired) electrons. The van der Waals surface area contributed by atoms with Gasteiger partial charge in [0.05, 0.1) is 10.5 Å². The Morgan fingerprint density at radius 3 is 2.31 bits per heavy atom. The van der Waals surface area contributed by atoms with Crippen molar-refractivity contribution in [2.45, 2.75) is 68.3 Å². The van der Waals surface area contributed by atoms with Crippen molar-refractivity contribution in [3.63, 3.8) is 0 Å². The maximum Gasteiger partial charge on any atom is 0.240 e. The highest BCUT2D eigenvalue weighted by Gasteiger charge is 2.34. The van der Waals surface area contributed by atoms with Crippen LogP contribution in [0, 0.1) is 23.1 Å². The summed E-state index contributed by atoms with van der Waals surface area (Å²) < 4.78 is 41.5. The fourth-order valence-corrected chi connectivity index (χ4v) is 6.67. The largest absolute Gasteiger partial charge is 0.340 e. The average molecular weight is 463 g/mol. The number of rotatable bonds is 5. The van der Waals surface area contributed by atoms with Gasteiger partial charge >= 0.3 is 0 Å². The Morgan fingerprint density at radius 2 is 1.69 bits per heavy atom. The molecule has 1 amide bonds. The quantitative estimate of drug-likeness (QED) is 0.726. The third-order valence-corrected chi connectivity index (χ3v) is 8.75. The highest BCUT2D eigenvalue weighted by molar-refractivity contribution is 7.89. The second kappa shape index (κ2) is 9.86. The lowest BCUT2D eigenvalue weighted by Crippen LogP contribution is -2.53. The first-order chi connectivity index (χ1) is 15.4. The van der Waals surface area contributed by atoms with Crippen molar-refractivity contribution in [1.82, 2.24) is 14.5 Å². The predicted octanol–water partition coefficient (Wildman–Crippen LogP) is 2.62. The first-order valence-corrected chi connectivity index (χ1v) is 13.1. The van der Waals surface area contributed by atoms with E-state index in [1.165, 1.54) is 31.7 Å². The van der Waals surface area contributed by atoms with Gasteiger partial charge in [-0.25, -0.2) is 17.5 Å². The van der Waals surface area contributed by atoms with Gasteiger partial charge in [-0.15, -0.1) is 0 Å². The van der Waals surface area contributed by atoms with E-state index in [9.17, 15) is 17.6 Å². The van der Waals surface area contributed by atoms with Crippen LogP contribution in [-0.2, 0) is 14.8 Å². The fraction of sp³-hybridized carbons (Fsp3) is 0.652. The van der Waals surface area contributed by atoms with Crippen molar-refractivity contribution in [3.8, 4) is 6.07 Å². The lowest BCUT2D eigenvalue weighted by Gasteiger charge is -2.40. The van der Waals surface area contributed by atoms with Crippen LogP contribution < -0.4 is 4.72 Å². The van der Waals surface area contributed by atoms with Gasteiger partial charge in [-0.1, -0.05) is 12.8 Å². The van der Waals surface area contributed by atoms with E-state index in [2.05, 4.69) is 9.62 Å². The second-order valence-electron chi connectivity index (χ2n) is 9.22.